The molecule has 1 aliphatic heterocycles. The average Bonchev–Trinajstić information content (AvgIpc) is 2.66. The van der Waals surface area contributed by atoms with Crippen LogP contribution in [0.5, 0.6) is 0 Å². The molecule has 1 aromatic heterocycles. The Kier molecular flexibility index (Phi) is 6.81. The van der Waals surface area contributed by atoms with Gasteiger partial charge in [0.2, 0.25) is 5.91 Å². The van der Waals surface area contributed by atoms with Crippen LogP contribution in [0.25, 0.3) is 0 Å². The number of nitrogens with one attached hydrogen (secondary N) is 3. The summed E-state index contributed by atoms with van der Waals surface area (Å²) in [4.78, 5) is 42.5. The molecular formula is C21H28N4O3. The van der Waals surface area contributed by atoms with Gasteiger partial charge in [-0.3, -0.25) is 19.5 Å². The number of rotatable bonds is 7. The summed E-state index contributed by atoms with van der Waals surface area (Å²) in [6.07, 6.45) is 2.80. The average molecular weight is 384 g/mol. The first-order chi connectivity index (χ1) is 13.5. The van der Waals surface area contributed by atoms with Gasteiger partial charge in [-0.25, -0.2) is 4.79 Å². The number of piperidine rings is 1. The van der Waals surface area contributed by atoms with E-state index in [1.165, 1.54) is 5.56 Å². The summed E-state index contributed by atoms with van der Waals surface area (Å²) in [5, 5.41) is 3.01. The highest BCUT2D eigenvalue weighted by Gasteiger charge is 2.20. The van der Waals surface area contributed by atoms with Crippen molar-refractivity contribution in [2.45, 2.75) is 39.2 Å². The van der Waals surface area contributed by atoms with Gasteiger partial charge in [0.05, 0.1) is 0 Å². The predicted molar refractivity (Wildman–Crippen MR) is 108 cm³/mol. The largest absolute Gasteiger partial charge is 0.356 e. The van der Waals surface area contributed by atoms with E-state index in [4.69, 9.17) is 0 Å². The summed E-state index contributed by atoms with van der Waals surface area (Å²) >= 11 is 0. The lowest BCUT2D eigenvalue weighted by molar-refractivity contribution is -0.121. The number of aromatic amines is 2. The van der Waals surface area contributed by atoms with Gasteiger partial charge < -0.3 is 10.3 Å². The van der Waals surface area contributed by atoms with Crippen LogP contribution in [-0.4, -0.2) is 40.4 Å². The van der Waals surface area contributed by atoms with Crippen LogP contribution in [0.2, 0.25) is 0 Å². The molecule has 1 amide bonds. The van der Waals surface area contributed by atoms with Gasteiger partial charge in [0.15, 0.2) is 0 Å². The van der Waals surface area contributed by atoms with Crippen molar-refractivity contribution < 1.29 is 4.79 Å². The van der Waals surface area contributed by atoms with Crippen molar-refractivity contribution in [1.29, 1.82) is 0 Å². The quantitative estimate of drug-likeness (QED) is 0.671. The lowest BCUT2D eigenvalue weighted by Crippen LogP contribution is -2.40. The summed E-state index contributed by atoms with van der Waals surface area (Å²) in [7, 11) is 0. The van der Waals surface area contributed by atoms with E-state index in [1.54, 1.807) is 6.92 Å². The maximum Gasteiger partial charge on any atom is 0.325 e. The van der Waals surface area contributed by atoms with Gasteiger partial charge in [-0.05, 0) is 44.2 Å². The fourth-order valence-electron chi connectivity index (χ4n) is 3.82. The highest BCUT2D eigenvalue weighted by Crippen LogP contribution is 2.18. The zero-order valence-corrected chi connectivity index (χ0v) is 16.3. The van der Waals surface area contributed by atoms with Crippen molar-refractivity contribution in [2.75, 3.05) is 19.6 Å². The predicted octanol–water partition coefficient (Wildman–Crippen LogP) is 1.33. The maximum atomic E-state index is 12.2. The van der Waals surface area contributed by atoms with Crippen LogP contribution >= 0.6 is 0 Å². The zero-order valence-electron chi connectivity index (χ0n) is 16.3. The SMILES string of the molecule is Cc1[nH]c(=O)[nH]c(=O)c1CCC(=O)NCC1CCCN(Cc2ccccc2)C1. The van der Waals surface area contributed by atoms with Crippen molar-refractivity contribution in [1.82, 2.24) is 20.2 Å². The topological polar surface area (TPSA) is 98.1 Å². The number of carbonyl (C=O) groups is 1. The van der Waals surface area contributed by atoms with Crippen LogP contribution in [0.1, 0.15) is 36.1 Å². The molecule has 0 aliphatic carbocycles. The number of aryl methyl sites for hydroxylation is 1. The van der Waals surface area contributed by atoms with Crippen molar-refractivity contribution in [2.24, 2.45) is 5.92 Å². The van der Waals surface area contributed by atoms with E-state index < -0.39 is 11.2 Å². The minimum Gasteiger partial charge on any atom is -0.356 e. The first-order valence-electron chi connectivity index (χ1n) is 9.86. The summed E-state index contributed by atoms with van der Waals surface area (Å²) in [6, 6.07) is 10.4. The molecule has 0 bridgehead atoms. The number of hydrogen-bond acceptors (Lipinski definition) is 4. The molecule has 2 aromatic rings. The lowest BCUT2D eigenvalue weighted by atomic mass is 9.97. The third-order valence-electron chi connectivity index (χ3n) is 5.30. The highest BCUT2D eigenvalue weighted by atomic mass is 16.2. The number of benzene rings is 1. The number of carbonyl (C=O) groups excluding carboxylic acids is 1. The van der Waals surface area contributed by atoms with Gasteiger partial charge in [0, 0.05) is 37.3 Å². The van der Waals surface area contributed by atoms with Gasteiger partial charge >= 0.3 is 5.69 Å². The third-order valence-corrected chi connectivity index (χ3v) is 5.30. The van der Waals surface area contributed by atoms with Gasteiger partial charge in [-0.15, -0.1) is 0 Å². The molecule has 0 spiro atoms. The van der Waals surface area contributed by atoms with E-state index in [1.807, 2.05) is 6.07 Å². The Morgan fingerprint density at radius 2 is 2.00 bits per heavy atom. The number of hydrogen-bond donors (Lipinski definition) is 3. The van der Waals surface area contributed by atoms with Crippen LogP contribution < -0.4 is 16.6 Å². The second kappa shape index (κ2) is 9.50. The van der Waals surface area contributed by atoms with Crippen LogP contribution in [0.4, 0.5) is 0 Å². The molecule has 7 heteroatoms. The fourth-order valence-corrected chi connectivity index (χ4v) is 3.82. The number of H-pyrrole nitrogens is 2. The molecule has 28 heavy (non-hydrogen) atoms. The zero-order chi connectivity index (χ0) is 19.9. The number of nitrogens with zero attached hydrogens (tertiary/aromatic N) is 1. The first-order valence-corrected chi connectivity index (χ1v) is 9.86. The smallest absolute Gasteiger partial charge is 0.325 e. The van der Waals surface area contributed by atoms with E-state index in [2.05, 4.69) is 44.5 Å². The Labute approximate surface area is 164 Å². The lowest BCUT2D eigenvalue weighted by Gasteiger charge is -2.32. The van der Waals surface area contributed by atoms with E-state index in [-0.39, 0.29) is 12.3 Å². The van der Waals surface area contributed by atoms with Crippen LogP contribution in [0.3, 0.4) is 0 Å². The number of aromatic nitrogens is 2. The van der Waals surface area contributed by atoms with Crippen molar-refractivity contribution in [3.05, 3.63) is 68.0 Å². The van der Waals surface area contributed by atoms with Crippen molar-refractivity contribution >= 4 is 5.91 Å². The normalized spacial score (nSPS) is 17.4. The minimum atomic E-state index is -0.520. The molecule has 1 fully saturated rings. The van der Waals surface area contributed by atoms with Crippen molar-refractivity contribution in [3.8, 4) is 0 Å². The molecule has 1 atom stereocenters. The maximum absolute atomic E-state index is 12.2. The molecule has 3 N–H and O–H groups in total. The Morgan fingerprint density at radius 3 is 2.75 bits per heavy atom. The van der Waals surface area contributed by atoms with Crippen LogP contribution in [0, 0.1) is 12.8 Å². The molecule has 0 radical (unpaired) electrons. The van der Waals surface area contributed by atoms with E-state index in [0.29, 0.717) is 30.1 Å². The van der Waals surface area contributed by atoms with Gasteiger partial charge in [-0.2, -0.15) is 0 Å². The third kappa shape index (κ3) is 5.66. The molecule has 2 heterocycles. The Hall–Kier alpha value is -2.67. The van der Waals surface area contributed by atoms with E-state index >= 15 is 0 Å². The highest BCUT2D eigenvalue weighted by molar-refractivity contribution is 5.76. The van der Waals surface area contributed by atoms with E-state index in [0.717, 1.165) is 32.5 Å². The van der Waals surface area contributed by atoms with Gasteiger partial charge in [0.1, 0.15) is 0 Å². The Balaban J connectivity index is 1.44. The minimum absolute atomic E-state index is 0.0646. The van der Waals surface area contributed by atoms with Gasteiger partial charge in [-0.1, -0.05) is 30.3 Å². The molecule has 1 aromatic carbocycles. The molecule has 3 rings (SSSR count). The van der Waals surface area contributed by atoms with Crippen LogP contribution in [0.15, 0.2) is 39.9 Å². The van der Waals surface area contributed by atoms with Crippen LogP contribution in [-0.2, 0) is 17.8 Å². The molecule has 1 unspecified atom stereocenters. The Morgan fingerprint density at radius 1 is 1.21 bits per heavy atom. The molecule has 0 saturated carbocycles. The molecule has 1 aliphatic rings. The van der Waals surface area contributed by atoms with Crippen molar-refractivity contribution in [3.63, 3.8) is 0 Å². The Bertz CT molecular complexity index is 904. The molecule has 1 saturated heterocycles. The van der Waals surface area contributed by atoms with E-state index in [9.17, 15) is 14.4 Å². The number of amides is 1. The fraction of sp³-hybridized carbons (Fsp3) is 0.476. The second-order valence-electron chi connectivity index (χ2n) is 7.54. The summed E-state index contributed by atoms with van der Waals surface area (Å²) in [5.74, 6) is 0.379. The second-order valence-corrected chi connectivity index (χ2v) is 7.54. The summed E-state index contributed by atoms with van der Waals surface area (Å²) in [5.41, 5.74) is 1.35. The summed E-state index contributed by atoms with van der Waals surface area (Å²) < 4.78 is 0. The molecule has 7 nitrogen and oxygen atoms in total. The molecule has 150 valence electrons. The standard InChI is InChI=1S/C21H28N4O3/c1-15-18(20(27)24-21(28)23-15)9-10-19(26)22-12-17-8-5-11-25(14-17)13-16-6-3-2-4-7-16/h2-4,6-7,17H,5,8-14H2,1H3,(H,22,26)(H2,23,24,27,28). The monoisotopic (exact) mass is 384 g/mol. The summed E-state index contributed by atoms with van der Waals surface area (Å²) in [6.45, 7) is 5.35. The number of likely N-dealkylation sites (tertiary alicyclic amines) is 1. The first kappa shape index (κ1) is 20.1. The van der Waals surface area contributed by atoms with Gasteiger partial charge in [0.25, 0.3) is 5.56 Å². The molecular weight excluding hydrogens is 356 g/mol.